The lowest BCUT2D eigenvalue weighted by molar-refractivity contribution is 0.0927. The Hall–Kier alpha value is -1.29. The summed E-state index contributed by atoms with van der Waals surface area (Å²) in [6.07, 6.45) is 3.53. The van der Waals surface area contributed by atoms with Gasteiger partial charge in [0.05, 0.1) is 21.1 Å². The van der Waals surface area contributed by atoms with E-state index in [1.807, 2.05) is 30.3 Å². The van der Waals surface area contributed by atoms with Gasteiger partial charge in [-0.1, -0.05) is 65.1 Å². The zero-order valence-corrected chi connectivity index (χ0v) is 13.8. The van der Waals surface area contributed by atoms with Crippen molar-refractivity contribution in [2.75, 3.05) is 0 Å². The van der Waals surface area contributed by atoms with Crippen LogP contribution < -0.4 is 5.32 Å². The standard InChI is InChI=1S/C16H13Cl3N2O/c17-11-8-20-15(13(19)12(11)18)16(22)21-14(10-6-7-10)9-4-2-1-3-5-9/h1-5,8,10,14H,6-7H2,(H,21,22)/t14-/m1/s1. The molecular weight excluding hydrogens is 343 g/mol. The highest BCUT2D eigenvalue weighted by molar-refractivity contribution is 6.48. The van der Waals surface area contributed by atoms with Crippen molar-refractivity contribution in [1.29, 1.82) is 0 Å². The first-order valence-corrected chi connectivity index (χ1v) is 8.06. The smallest absolute Gasteiger partial charge is 0.271 e. The highest BCUT2D eigenvalue weighted by atomic mass is 35.5. The maximum atomic E-state index is 12.5. The van der Waals surface area contributed by atoms with Crippen LogP contribution in [0.5, 0.6) is 0 Å². The molecule has 2 aromatic rings. The Kier molecular flexibility index (Phi) is 4.57. The molecular formula is C16H13Cl3N2O. The number of amides is 1. The molecule has 1 atom stereocenters. The van der Waals surface area contributed by atoms with Gasteiger partial charge in [-0.3, -0.25) is 4.79 Å². The molecule has 1 saturated carbocycles. The summed E-state index contributed by atoms with van der Waals surface area (Å²) in [7, 11) is 0. The summed E-state index contributed by atoms with van der Waals surface area (Å²) in [5.41, 5.74) is 1.17. The normalized spacial score (nSPS) is 15.4. The van der Waals surface area contributed by atoms with Crippen LogP contribution in [0, 0.1) is 5.92 Å². The highest BCUT2D eigenvalue weighted by Crippen LogP contribution is 2.41. The van der Waals surface area contributed by atoms with E-state index in [-0.39, 0.29) is 32.7 Å². The molecule has 3 rings (SSSR count). The number of benzene rings is 1. The highest BCUT2D eigenvalue weighted by Gasteiger charge is 2.34. The first-order chi connectivity index (χ1) is 10.6. The van der Waals surface area contributed by atoms with Gasteiger partial charge in [-0.2, -0.15) is 0 Å². The number of rotatable bonds is 4. The van der Waals surface area contributed by atoms with Crippen molar-refractivity contribution in [3.8, 4) is 0 Å². The van der Waals surface area contributed by atoms with Gasteiger partial charge >= 0.3 is 0 Å². The van der Waals surface area contributed by atoms with Crippen LogP contribution in [0.1, 0.15) is 34.9 Å². The maximum Gasteiger partial charge on any atom is 0.271 e. The Morgan fingerprint density at radius 1 is 1.14 bits per heavy atom. The monoisotopic (exact) mass is 354 g/mol. The molecule has 1 fully saturated rings. The maximum absolute atomic E-state index is 12.5. The number of hydrogen-bond acceptors (Lipinski definition) is 2. The molecule has 0 bridgehead atoms. The third kappa shape index (κ3) is 3.22. The largest absolute Gasteiger partial charge is 0.344 e. The molecule has 1 aliphatic rings. The van der Waals surface area contributed by atoms with Crippen LogP contribution in [0.25, 0.3) is 0 Å². The van der Waals surface area contributed by atoms with Crippen LogP contribution in [-0.2, 0) is 0 Å². The molecule has 1 amide bonds. The molecule has 114 valence electrons. The van der Waals surface area contributed by atoms with Crippen LogP contribution in [0.3, 0.4) is 0 Å². The summed E-state index contributed by atoms with van der Waals surface area (Å²) >= 11 is 17.9. The number of halogens is 3. The third-order valence-electron chi connectivity index (χ3n) is 3.67. The zero-order chi connectivity index (χ0) is 15.7. The molecule has 0 spiro atoms. The average molecular weight is 356 g/mol. The summed E-state index contributed by atoms with van der Waals surface area (Å²) < 4.78 is 0. The van der Waals surface area contributed by atoms with E-state index in [2.05, 4.69) is 10.3 Å². The fourth-order valence-electron chi connectivity index (χ4n) is 2.37. The second kappa shape index (κ2) is 6.45. The van der Waals surface area contributed by atoms with Crippen LogP contribution in [0.4, 0.5) is 0 Å². The van der Waals surface area contributed by atoms with Crippen LogP contribution in [0.2, 0.25) is 15.1 Å². The zero-order valence-electron chi connectivity index (χ0n) is 11.5. The Labute approximate surface area is 143 Å². The molecule has 1 aromatic heterocycles. The lowest BCUT2D eigenvalue weighted by atomic mass is 10.0. The van der Waals surface area contributed by atoms with E-state index >= 15 is 0 Å². The molecule has 0 unspecified atom stereocenters. The lowest BCUT2D eigenvalue weighted by Crippen LogP contribution is -2.30. The molecule has 0 radical (unpaired) electrons. The van der Waals surface area contributed by atoms with E-state index in [4.69, 9.17) is 34.8 Å². The van der Waals surface area contributed by atoms with Crippen molar-refractivity contribution in [2.24, 2.45) is 5.92 Å². The van der Waals surface area contributed by atoms with E-state index < -0.39 is 0 Å². The predicted octanol–water partition coefficient (Wildman–Crippen LogP) is 4.92. The molecule has 3 nitrogen and oxygen atoms in total. The Bertz CT molecular complexity index is 702. The van der Waals surface area contributed by atoms with Gasteiger partial charge in [0.25, 0.3) is 5.91 Å². The van der Waals surface area contributed by atoms with Crippen LogP contribution in [0.15, 0.2) is 36.5 Å². The molecule has 1 aromatic carbocycles. The second-order valence-corrected chi connectivity index (χ2v) is 6.45. The summed E-state index contributed by atoms with van der Waals surface area (Å²) in [5.74, 6) is 0.109. The van der Waals surface area contributed by atoms with Gasteiger partial charge in [-0.25, -0.2) is 4.98 Å². The van der Waals surface area contributed by atoms with E-state index in [9.17, 15) is 4.79 Å². The molecule has 0 saturated heterocycles. The summed E-state index contributed by atoms with van der Waals surface area (Å²) in [4.78, 5) is 16.5. The molecule has 0 aliphatic heterocycles. The predicted molar refractivity (Wildman–Crippen MR) is 88.6 cm³/mol. The first kappa shape index (κ1) is 15.6. The number of hydrogen-bond donors (Lipinski definition) is 1. The van der Waals surface area contributed by atoms with Crippen molar-refractivity contribution < 1.29 is 4.79 Å². The van der Waals surface area contributed by atoms with Crippen molar-refractivity contribution in [3.63, 3.8) is 0 Å². The number of aromatic nitrogens is 1. The topological polar surface area (TPSA) is 42.0 Å². The average Bonchev–Trinajstić information content (AvgIpc) is 3.36. The van der Waals surface area contributed by atoms with Crippen molar-refractivity contribution in [2.45, 2.75) is 18.9 Å². The van der Waals surface area contributed by atoms with Crippen LogP contribution in [-0.4, -0.2) is 10.9 Å². The van der Waals surface area contributed by atoms with Gasteiger partial charge in [-0.15, -0.1) is 0 Å². The lowest BCUT2D eigenvalue weighted by Gasteiger charge is -2.19. The first-order valence-electron chi connectivity index (χ1n) is 6.93. The number of nitrogens with zero attached hydrogens (tertiary/aromatic N) is 1. The minimum atomic E-state index is -0.343. The van der Waals surface area contributed by atoms with Gasteiger partial charge in [0.15, 0.2) is 0 Å². The summed E-state index contributed by atoms with van der Waals surface area (Å²) in [6.45, 7) is 0. The van der Waals surface area contributed by atoms with Crippen molar-refractivity contribution in [3.05, 3.63) is 62.9 Å². The summed E-state index contributed by atoms with van der Waals surface area (Å²) in [6, 6.07) is 9.84. The van der Waals surface area contributed by atoms with Gasteiger partial charge < -0.3 is 5.32 Å². The van der Waals surface area contributed by atoms with Gasteiger partial charge in [0, 0.05) is 6.20 Å². The molecule has 6 heteroatoms. The third-order valence-corrected chi connectivity index (χ3v) is 4.91. The fourth-order valence-corrected chi connectivity index (χ4v) is 2.94. The van der Waals surface area contributed by atoms with E-state index in [1.54, 1.807) is 0 Å². The molecule has 1 heterocycles. The van der Waals surface area contributed by atoms with Crippen molar-refractivity contribution in [1.82, 2.24) is 10.3 Å². The SMILES string of the molecule is O=C(N[C@H](c1ccccc1)C1CC1)c1ncc(Cl)c(Cl)c1Cl. The van der Waals surface area contributed by atoms with E-state index in [0.717, 1.165) is 18.4 Å². The molecule has 1 N–H and O–H groups in total. The van der Waals surface area contributed by atoms with Crippen molar-refractivity contribution >= 4 is 40.7 Å². The second-order valence-electron chi connectivity index (χ2n) is 5.28. The van der Waals surface area contributed by atoms with Gasteiger partial charge in [0.2, 0.25) is 0 Å². The molecule has 1 aliphatic carbocycles. The minimum Gasteiger partial charge on any atom is -0.344 e. The number of carbonyl (C=O) groups is 1. The van der Waals surface area contributed by atoms with E-state index in [0.29, 0.717) is 5.92 Å². The Morgan fingerprint density at radius 2 is 1.82 bits per heavy atom. The van der Waals surface area contributed by atoms with Gasteiger partial charge in [0.1, 0.15) is 5.69 Å². The van der Waals surface area contributed by atoms with E-state index in [1.165, 1.54) is 6.20 Å². The summed E-state index contributed by atoms with van der Waals surface area (Å²) in [5, 5.41) is 3.46. The fraction of sp³-hybridized carbons (Fsp3) is 0.250. The quantitative estimate of drug-likeness (QED) is 0.845. The Morgan fingerprint density at radius 3 is 2.45 bits per heavy atom. The van der Waals surface area contributed by atoms with Crippen LogP contribution >= 0.6 is 34.8 Å². The number of pyridine rings is 1. The number of nitrogens with one attached hydrogen (secondary N) is 1. The minimum absolute atomic E-state index is 0.0407. The van der Waals surface area contributed by atoms with Gasteiger partial charge in [-0.05, 0) is 24.3 Å². The Balaban J connectivity index is 1.85. The number of carbonyl (C=O) groups excluding carboxylic acids is 1. The molecule has 22 heavy (non-hydrogen) atoms.